The SMILES string of the molecule is Cn1cnc(CCNC(=O)N2CC(=O)NCC2C(=O)O)n1. The third-order valence-electron chi connectivity index (χ3n) is 3.00. The largest absolute Gasteiger partial charge is 0.480 e. The molecule has 1 saturated heterocycles. The monoisotopic (exact) mass is 296 g/mol. The molecule has 0 spiro atoms. The molecule has 114 valence electrons. The maximum absolute atomic E-state index is 12.0. The summed E-state index contributed by atoms with van der Waals surface area (Å²) in [5.74, 6) is -0.963. The molecule has 1 aromatic rings. The fourth-order valence-corrected chi connectivity index (χ4v) is 1.96. The number of carboxylic acid groups (broad SMARTS) is 1. The van der Waals surface area contributed by atoms with E-state index in [0.717, 1.165) is 4.90 Å². The standard InChI is InChI=1S/C11H16N6O4/c1-16-6-14-8(15-16)2-3-12-11(21)17-5-9(18)13-4-7(17)10(19)20/h6-7H,2-5H2,1H3,(H,12,21)(H,13,18)(H,19,20). The number of hydrogen-bond donors (Lipinski definition) is 3. The summed E-state index contributed by atoms with van der Waals surface area (Å²) in [6, 6.07) is -1.65. The summed E-state index contributed by atoms with van der Waals surface area (Å²) in [5, 5.41) is 18.1. The summed E-state index contributed by atoms with van der Waals surface area (Å²) in [6.45, 7) is -0.110. The van der Waals surface area contributed by atoms with Crippen LogP contribution in [0.2, 0.25) is 0 Å². The van der Waals surface area contributed by atoms with Gasteiger partial charge in [0.2, 0.25) is 5.91 Å². The molecule has 1 aliphatic rings. The van der Waals surface area contributed by atoms with Crippen LogP contribution in [0.25, 0.3) is 0 Å². The number of piperazine rings is 1. The number of nitrogens with zero attached hydrogens (tertiary/aromatic N) is 4. The number of carbonyl (C=O) groups is 3. The molecule has 0 aromatic carbocycles. The van der Waals surface area contributed by atoms with Gasteiger partial charge >= 0.3 is 12.0 Å². The van der Waals surface area contributed by atoms with Crippen molar-refractivity contribution in [2.24, 2.45) is 7.05 Å². The molecule has 1 atom stereocenters. The molecule has 0 radical (unpaired) electrons. The Morgan fingerprint density at radius 3 is 2.95 bits per heavy atom. The Hall–Kier alpha value is -2.65. The van der Waals surface area contributed by atoms with Crippen LogP contribution in [0.15, 0.2) is 6.33 Å². The first kappa shape index (κ1) is 14.8. The van der Waals surface area contributed by atoms with Gasteiger partial charge in [-0.25, -0.2) is 14.6 Å². The minimum absolute atomic E-state index is 0.0939. The lowest BCUT2D eigenvalue weighted by Gasteiger charge is -2.32. The number of aliphatic carboxylic acids is 1. The van der Waals surface area contributed by atoms with Crippen LogP contribution in [0.4, 0.5) is 4.79 Å². The Kier molecular flexibility index (Phi) is 4.36. The normalized spacial score (nSPS) is 18.2. The van der Waals surface area contributed by atoms with E-state index in [0.29, 0.717) is 12.2 Å². The van der Waals surface area contributed by atoms with Gasteiger partial charge in [0.15, 0.2) is 5.82 Å². The van der Waals surface area contributed by atoms with Crippen molar-refractivity contribution in [3.8, 4) is 0 Å². The van der Waals surface area contributed by atoms with E-state index in [9.17, 15) is 14.4 Å². The smallest absolute Gasteiger partial charge is 0.328 e. The van der Waals surface area contributed by atoms with Crippen LogP contribution < -0.4 is 10.6 Å². The number of urea groups is 1. The molecule has 10 heteroatoms. The Labute approximate surface area is 120 Å². The molecular weight excluding hydrogens is 280 g/mol. The lowest BCUT2D eigenvalue weighted by atomic mass is 10.2. The lowest BCUT2D eigenvalue weighted by molar-refractivity contribution is -0.144. The average molecular weight is 296 g/mol. The number of rotatable bonds is 4. The summed E-state index contributed by atoms with van der Waals surface area (Å²) in [4.78, 5) is 39.4. The van der Waals surface area contributed by atoms with Crippen molar-refractivity contribution < 1.29 is 19.5 Å². The van der Waals surface area contributed by atoms with Crippen LogP contribution in [-0.4, -0.2) is 68.4 Å². The van der Waals surface area contributed by atoms with E-state index in [1.807, 2.05) is 0 Å². The first-order valence-corrected chi connectivity index (χ1v) is 6.36. The Bertz CT molecular complexity index is 557. The van der Waals surface area contributed by atoms with Crippen molar-refractivity contribution in [2.75, 3.05) is 19.6 Å². The maximum atomic E-state index is 12.0. The van der Waals surface area contributed by atoms with Gasteiger partial charge in [-0.2, -0.15) is 5.10 Å². The predicted molar refractivity (Wildman–Crippen MR) is 69.2 cm³/mol. The lowest BCUT2D eigenvalue weighted by Crippen LogP contribution is -2.61. The van der Waals surface area contributed by atoms with Crippen LogP contribution in [0, 0.1) is 0 Å². The van der Waals surface area contributed by atoms with E-state index in [2.05, 4.69) is 20.7 Å². The maximum Gasteiger partial charge on any atom is 0.328 e. The third kappa shape index (κ3) is 3.68. The van der Waals surface area contributed by atoms with E-state index >= 15 is 0 Å². The van der Waals surface area contributed by atoms with Gasteiger partial charge in [-0.15, -0.1) is 0 Å². The van der Waals surface area contributed by atoms with Gasteiger partial charge in [-0.1, -0.05) is 0 Å². The van der Waals surface area contributed by atoms with E-state index in [4.69, 9.17) is 5.11 Å². The molecule has 21 heavy (non-hydrogen) atoms. The summed E-state index contributed by atoms with van der Waals surface area (Å²) < 4.78 is 1.55. The van der Waals surface area contributed by atoms with Gasteiger partial charge < -0.3 is 15.7 Å². The second kappa shape index (κ2) is 6.20. The minimum atomic E-state index is -1.16. The van der Waals surface area contributed by atoms with E-state index in [-0.39, 0.29) is 25.5 Å². The molecule has 0 saturated carbocycles. The highest BCUT2D eigenvalue weighted by atomic mass is 16.4. The van der Waals surface area contributed by atoms with Gasteiger partial charge in [0.1, 0.15) is 18.9 Å². The van der Waals surface area contributed by atoms with Crippen molar-refractivity contribution in [3.05, 3.63) is 12.2 Å². The van der Waals surface area contributed by atoms with Crippen molar-refractivity contribution in [1.29, 1.82) is 0 Å². The summed E-state index contributed by atoms with van der Waals surface area (Å²) in [7, 11) is 1.74. The molecule has 2 rings (SSSR count). The summed E-state index contributed by atoms with van der Waals surface area (Å²) in [5.41, 5.74) is 0. The van der Waals surface area contributed by atoms with Gasteiger partial charge in [0, 0.05) is 26.6 Å². The van der Waals surface area contributed by atoms with Gasteiger partial charge in [-0.3, -0.25) is 14.4 Å². The number of aryl methyl sites for hydroxylation is 1. The van der Waals surface area contributed by atoms with Gasteiger partial charge in [0.25, 0.3) is 0 Å². The Balaban J connectivity index is 1.88. The zero-order valence-electron chi connectivity index (χ0n) is 11.4. The zero-order valence-corrected chi connectivity index (χ0v) is 11.4. The van der Waals surface area contributed by atoms with Crippen LogP contribution in [0.1, 0.15) is 5.82 Å². The molecule has 1 aromatic heterocycles. The quantitative estimate of drug-likeness (QED) is 0.586. The summed E-state index contributed by atoms with van der Waals surface area (Å²) >= 11 is 0. The zero-order chi connectivity index (χ0) is 15.4. The molecule has 0 bridgehead atoms. The molecule has 10 nitrogen and oxygen atoms in total. The second-order valence-corrected chi connectivity index (χ2v) is 4.60. The topological polar surface area (TPSA) is 129 Å². The van der Waals surface area contributed by atoms with Crippen LogP contribution in [0.5, 0.6) is 0 Å². The van der Waals surface area contributed by atoms with E-state index in [1.54, 1.807) is 18.1 Å². The molecule has 0 aliphatic carbocycles. The number of carbonyl (C=O) groups excluding carboxylic acids is 2. The highest BCUT2D eigenvalue weighted by molar-refractivity contribution is 5.90. The average Bonchev–Trinajstić information content (AvgIpc) is 2.84. The number of hydrogen-bond acceptors (Lipinski definition) is 5. The molecular formula is C11H16N6O4. The number of amides is 3. The first-order valence-electron chi connectivity index (χ1n) is 6.36. The Morgan fingerprint density at radius 1 is 1.57 bits per heavy atom. The second-order valence-electron chi connectivity index (χ2n) is 4.60. The first-order chi connectivity index (χ1) is 9.97. The number of aromatic nitrogens is 3. The fourth-order valence-electron chi connectivity index (χ4n) is 1.96. The minimum Gasteiger partial charge on any atom is -0.480 e. The molecule has 1 fully saturated rings. The van der Waals surface area contributed by atoms with Crippen LogP contribution in [0.3, 0.4) is 0 Å². The Morgan fingerprint density at radius 2 is 2.33 bits per heavy atom. The van der Waals surface area contributed by atoms with Crippen molar-refractivity contribution in [1.82, 2.24) is 30.3 Å². The third-order valence-corrected chi connectivity index (χ3v) is 3.00. The molecule has 1 unspecified atom stereocenters. The van der Waals surface area contributed by atoms with Crippen LogP contribution >= 0.6 is 0 Å². The van der Waals surface area contributed by atoms with E-state index < -0.39 is 18.0 Å². The van der Waals surface area contributed by atoms with Crippen molar-refractivity contribution in [2.45, 2.75) is 12.5 Å². The number of nitrogens with one attached hydrogen (secondary N) is 2. The highest BCUT2D eigenvalue weighted by Gasteiger charge is 2.35. The summed E-state index contributed by atoms with van der Waals surface area (Å²) in [6.07, 6.45) is 1.97. The molecule has 2 heterocycles. The van der Waals surface area contributed by atoms with Crippen LogP contribution in [-0.2, 0) is 23.1 Å². The van der Waals surface area contributed by atoms with Crippen molar-refractivity contribution in [3.63, 3.8) is 0 Å². The molecule has 3 N–H and O–H groups in total. The van der Waals surface area contributed by atoms with Gasteiger partial charge in [0.05, 0.1) is 0 Å². The van der Waals surface area contributed by atoms with E-state index in [1.165, 1.54) is 0 Å². The molecule has 3 amide bonds. The number of carboxylic acids is 1. The highest BCUT2D eigenvalue weighted by Crippen LogP contribution is 2.04. The van der Waals surface area contributed by atoms with Crippen molar-refractivity contribution >= 4 is 17.9 Å². The van der Waals surface area contributed by atoms with Gasteiger partial charge in [-0.05, 0) is 0 Å². The predicted octanol–water partition coefficient (Wildman–Crippen LogP) is -2.05. The fraction of sp³-hybridized carbons (Fsp3) is 0.545. The molecule has 1 aliphatic heterocycles.